The molecule has 0 saturated heterocycles. The molecule has 0 saturated carbocycles. The fraction of sp³-hybridized carbons (Fsp3) is 0.625. The summed E-state index contributed by atoms with van der Waals surface area (Å²) in [5, 5.41) is 0. The molecule has 0 bridgehead atoms. The van der Waals surface area contributed by atoms with Gasteiger partial charge in [-0.1, -0.05) is 64.5 Å². The Morgan fingerprint density at radius 2 is 1.66 bits per heavy atom. The van der Waals surface area contributed by atoms with Gasteiger partial charge in [0.05, 0.1) is 0 Å². The van der Waals surface area contributed by atoms with Crippen LogP contribution in [-0.2, 0) is 16.0 Å². The van der Waals surface area contributed by atoms with Crippen molar-refractivity contribution in [3.63, 3.8) is 0 Å². The first-order chi connectivity index (χ1) is 18.4. The molecule has 1 unspecified atom stereocenters. The van der Waals surface area contributed by atoms with Crippen molar-refractivity contribution in [2.75, 3.05) is 31.1 Å². The van der Waals surface area contributed by atoms with Gasteiger partial charge in [0.15, 0.2) is 0 Å². The number of allylic oxidation sites excluding steroid dienone is 2. The predicted octanol–water partition coefficient (Wildman–Crippen LogP) is 7.83. The van der Waals surface area contributed by atoms with Crippen molar-refractivity contribution in [2.45, 2.75) is 97.4 Å². The van der Waals surface area contributed by atoms with Crippen LogP contribution in [0.15, 0.2) is 48.7 Å². The molecule has 1 rings (SSSR count). The van der Waals surface area contributed by atoms with Crippen molar-refractivity contribution in [1.29, 1.82) is 0 Å². The Morgan fingerprint density at radius 1 is 0.974 bits per heavy atom. The highest BCUT2D eigenvalue weighted by Gasteiger charge is 2.12. The number of rotatable bonds is 24. The Hall–Kier alpha value is -2.08. The molecule has 0 aromatic heterocycles. The van der Waals surface area contributed by atoms with Gasteiger partial charge in [0.2, 0.25) is 6.41 Å². The van der Waals surface area contributed by atoms with Gasteiger partial charge >= 0.3 is 0 Å². The SMILES string of the molecule is C=C(CCC(=O)CCCSCCN(C=O)C(/C=C/CCc1ccc(F)cc1)CC)N(CCCC)CCCC. The molecule has 38 heavy (non-hydrogen) atoms. The van der Waals surface area contributed by atoms with E-state index in [1.54, 1.807) is 0 Å². The largest absolute Gasteiger partial charge is 0.375 e. The van der Waals surface area contributed by atoms with E-state index >= 15 is 0 Å². The third-order valence-corrected chi connectivity index (χ3v) is 7.84. The number of hydrogen-bond acceptors (Lipinski definition) is 4. The number of thioether (sulfide) groups is 1. The molecule has 0 radical (unpaired) electrons. The first-order valence-electron chi connectivity index (χ1n) is 14.6. The molecule has 0 spiro atoms. The van der Waals surface area contributed by atoms with Crippen LogP contribution in [0.2, 0.25) is 0 Å². The minimum Gasteiger partial charge on any atom is -0.375 e. The predicted molar refractivity (Wildman–Crippen MR) is 162 cm³/mol. The van der Waals surface area contributed by atoms with Crippen LogP contribution in [0.3, 0.4) is 0 Å². The van der Waals surface area contributed by atoms with Crippen LogP contribution < -0.4 is 0 Å². The summed E-state index contributed by atoms with van der Waals surface area (Å²) in [6.45, 7) is 13.6. The summed E-state index contributed by atoms with van der Waals surface area (Å²) in [6.07, 6.45) is 15.3. The van der Waals surface area contributed by atoms with E-state index in [0.717, 1.165) is 74.4 Å². The number of nitrogens with zero attached hydrogens (tertiary/aromatic N) is 2. The number of aryl methyl sites for hydroxylation is 1. The maximum Gasteiger partial charge on any atom is 0.210 e. The number of unbranched alkanes of at least 4 members (excludes halogenated alkanes) is 2. The van der Waals surface area contributed by atoms with E-state index in [4.69, 9.17) is 0 Å². The van der Waals surface area contributed by atoms with E-state index in [0.29, 0.717) is 25.2 Å². The van der Waals surface area contributed by atoms with Gasteiger partial charge in [-0.15, -0.1) is 0 Å². The Balaban J connectivity index is 2.25. The van der Waals surface area contributed by atoms with E-state index < -0.39 is 0 Å². The van der Waals surface area contributed by atoms with Crippen LogP contribution >= 0.6 is 11.8 Å². The lowest BCUT2D eigenvalue weighted by atomic mass is 10.1. The summed E-state index contributed by atoms with van der Waals surface area (Å²) in [7, 11) is 0. The minimum absolute atomic E-state index is 0.0882. The lowest BCUT2D eigenvalue weighted by molar-refractivity contribution is -0.119. The fourth-order valence-corrected chi connectivity index (χ4v) is 5.16. The topological polar surface area (TPSA) is 40.6 Å². The third kappa shape index (κ3) is 15.4. The standard InChI is InChI=1S/C32H51FN2O2S/c1-5-8-22-34(23-9-6-2)28(4)16-21-32(37)15-12-25-38-26-24-35(27-36)31(7-3)14-11-10-13-29-17-19-30(33)20-18-29/h11,14,17-20,27,31H,4-10,12-13,15-16,21-26H2,1-3H3/b14-11+. The monoisotopic (exact) mass is 546 g/mol. The van der Waals surface area contributed by atoms with Crippen LogP contribution in [-0.4, -0.2) is 59.2 Å². The molecule has 1 atom stereocenters. The highest BCUT2D eigenvalue weighted by atomic mass is 32.2. The molecule has 214 valence electrons. The third-order valence-electron chi connectivity index (χ3n) is 6.79. The molecule has 0 fully saturated rings. The Bertz CT molecular complexity index is 804. The minimum atomic E-state index is -0.213. The number of Topliss-reactive ketones (excluding diaryl/α,β-unsaturated/α-hetero) is 1. The van der Waals surface area contributed by atoms with Crippen LogP contribution in [0.1, 0.15) is 90.5 Å². The average Bonchev–Trinajstić information content (AvgIpc) is 2.93. The van der Waals surface area contributed by atoms with Gasteiger partial charge in [-0.25, -0.2) is 4.39 Å². The van der Waals surface area contributed by atoms with Gasteiger partial charge in [-0.05, 0) is 68.4 Å². The van der Waals surface area contributed by atoms with E-state index in [9.17, 15) is 14.0 Å². The molecule has 1 amide bonds. The summed E-state index contributed by atoms with van der Waals surface area (Å²) in [5.74, 6) is 1.91. The molecule has 1 aromatic carbocycles. The summed E-state index contributed by atoms with van der Waals surface area (Å²) < 4.78 is 13.0. The van der Waals surface area contributed by atoms with Gasteiger partial charge in [0.25, 0.3) is 0 Å². The maximum absolute atomic E-state index is 13.0. The molecule has 0 heterocycles. The van der Waals surface area contributed by atoms with Crippen LogP contribution in [0.4, 0.5) is 4.39 Å². The molecule has 0 aliphatic rings. The number of hydrogen-bond donors (Lipinski definition) is 0. The zero-order chi connectivity index (χ0) is 28.0. The van der Waals surface area contributed by atoms with Crippen molar-refractivity contribution in [3.05, 3.63) is 60.1 Å². The maximum atomic E-state index is 13.0. The van der Waals surface area contributed by atoms with E-state index in [-0.39, 0.29) is 11.9 Å². The van der Waals surface area contributed by atoms with Crippen LogP contribution in [0.5, 0.6) is 0 Å². The molecular formula is C32H51FN2O2S. The molecule has 0 N–H and O–H groups in total. The quantitative estimate of drug-likeness (QED) is 0.0753. The summed E-state index contributed by atoms with van der Waals surface area (Å²) in [6, 6.07) is 6.70. The van der Waals surface area contributed by atoms with Crippen molar-refractivity contribution < 1.29 is 14.0 Å². The van der Waals surface area contributed by atoms with Crippen molar-refractivity contribution >= 4 is 24.0 Å². The molecule has 1 aromatic rings. The second-order valence-corrected chi connectivity index (χ2v) is 11.2. The lowest BCUT2D eigenvalue weighted by Gasteiger charge is -2.26. The highest BCUT2D eigenvalue weighted by Crippen LogP contribution is 2.15. The first-order valence-corrected chi connectivity index (χ1v) is 15.7. The molecule has 0 aliphatic heterocycles. The van der Waals surface area contributed by atoms with Gasteiger partial charge in [0, 0.05) is 50.0 Å². The second kappa shape index (κ2) is 21.8. The van der Waals surface area contributed by atoms with Gasteiger partial charge in [-0.3, -0.25) is 9.59 Å². The Labute approximate surface area is 236 Å². The summed E-state index contributed by atoms with van der Waals surface area (Å²) in [5.41, 5.74) is 2.22. The number of benzene rings is 1. The number of halogens is 1. The first kappa shape index (κ1) is 33.9. The van der Waals surface area contributed by atoms with Crippen LogP contribution in [0.25, 0.3) is 0 Å². The molecule has 0 aliphatic carbocycles. The summed E-state index contributed by atoms with van der Waals surface area (Å²) >= 11 is 1.81. The average molecular weight is 547 g/mol. The molecule has 6 heteroatoms. The van der Waals surface area contributed by atoms with Gasteiger partial charge in [0.1, 0.15) is 11.6 Å². The Morgan fingerprint density at radius 3 is 2.26 bits per heavy atom. The van der Waals surface area contributed by atoms with Crippen molar-refractivity contribution in [1.82, 2.24) is 9.80 Å². The number of carbonyl (C=O) groups is 2. The molecule has 4 nitrogen and oxygen atoms in total. The Kier molecular flexibility index (Phi) is 19.5. The lowest BCUT2D eigenvalue weighted by Crippen LogP contribution is -2.34. The van der Waals surface area contributed by atoms with E-state index in [1.165, 1.54) is 37.8 Å². The zero-order valence-electron chi connectivity index (χ0n) is 24.1. The van der Waals surface area contributed by atoms with E-state index in [2.05, 4.69) is 44.4 Å². The van der Waals surface area contributed by atoms with Crippen molar-refractivity contribution in [2.24, 2.45) is 0 Å². The van der Waals surface area contributed by atoms with Crippen LogP contribution in [0, 0.1) is 5.82 Å². The number of ketones is 1. The van der Waals surface area contributed by atoms with Crippen molar-refractivity contribution in [3.8, 4) is 0 Å². The van der Waals surface area contributed by atoms with Gasteiger partial charge < -0.3 is 9.80 Å². The number of carbonyl (C=O) groups excluding carboxylic acids is 2. The zero-order valence-corrected chi connectivity index (χ0v) is 25.0. The second-order valence-electron chi connectivity index (χ2n) is 9.93. The normalized spacial score (nSPS) is 12.0. The van der Waals surface area contributed by atoms with E-state index in [1.807, 2.05) is 28.8 Å². The highest BCUT2D eigenvalue weighted by molar-refractivity contribution is 7.99. The smallest absolute Gasteiger partial charge is 0.210 e. The molecular weight excluding hydrogens is 495 g/mol. The van der Waals surface area contributed by atoms with Gasteiger partial charge in [-0.2, -0.15) is 11.8 Å². The summed E-state index contributed by atoms with van der Waals surface area (Å²) in [4.78, 5) is 28.3. The number of amides is 1. The fourth-order valence-electron chi connectivity index (χ4n) is 4.27.